The molecule has 2 aromatic carbocycles. The standard InChI is InChI=1S/C26H26F4N6O3/c1-25(2,3)39-24(38)36-21-13-20(32-19-12-16(27)8-11-18(19)33-22(37)14-4-5-14)34-23(35-21)31-17-9-6-15(7-10-17)26(28,29)30/h6-14H,4-5H2,1-3H3,(H,33,37)(H3,31,32,34,35,36,38). The molecule has 0 spiro atoms. The Morgan fingerprint density at radius 2 is 1.54 bits per heavy atom. The van der Waals surface area contributed by atoms with Gasteiger partial charge in [-0.2, -0.15) is 23.1 Å². The van der Waals surface area contributed by atoms with E-state index in [0.717, 1.165) is 31.0 Å². The molecule has 13 heteroatoms. The third kappa shape index (κ3) is 8.03. The molecule has 0 unspecified atom stereocenters. The van der Waals surface area contributed by atoms with E-state index in [1.165, 1.54) is 30.3 Å². The number of carbonyl (C=O) groups excluding carboxylic acids is 2. The molecule has 0 aliphatic heterocycles. The van der Waals surface area contributed by atoms with Gasteiger partial charge < -0.3 is 20.7 Å². The van der Waals surface area contributed by atoms with E-state index in [9.17, 15) is 27.2 Å². The van der Waals surface area contributed by atoms with Gasteiger partial charge >= 0.3 is 12.3 Å². The van der Waals surface area contributed by atoms with Crippen molar-refractivity contribution in [1.29, 1.82) is 0 Å². The fourth-order valence-corrected chi connectivity index (χ4v) is 3.36. The summed E-state index contributed by atoms with van der Waals surface area (Å²) < 4.78 is 58.1. The van der Waals surface area contributed by atoms with Crippen molar-refractivity contribution in [3.63, 3.8) is 0 Å². The second-order valence-corrected chi connectivity index (χ2v) is 9.87. The number of amides is 2. The number of nitrogens with one attached hydrogen (secondary N) is 4. The highest BCUT2D eigenvalue weighted by molar-refractivity contribution is 5.97. The molecule has 0 saturated heterocycles. The van der Waals surface area contributed by atoms with Crippen LogP contribution in [-0.4, -0.2) is 27.6 Å². The summed E-state index contributed by atoms with van der Waals surface area (Å²) in [6.07, 6.45) is -3.75. The molecule has 2 amide bonds. The second kappa shape index (κ2) is 10.8. The Hall–Kier alpha value is -4.42. The molecule has 206 valence electrons. The van der Waals surface area contributed by atoms with Crippen molar-refractivity contribution in [3.8, 4) is 0 Å². The molecule has 0 radical (unpaired) electrons. The van der Waals surface area contributed by atoms with Gasteiger partial charge in [-0.15, -0.1) is 0 Å². The molecule has 1 saturated carbocycles. The van der Waals surface area contributed by atoms with Gasteiger partial charge in [0.05, 0.1) is 16.9 Å². The molecular weight excluding hydrogens is 520 g/mol. The Bertz CT molecular complexity index is 1370. The van der Waals surface area contributed by atoms with Gasteiger partial charge in [0.1, 0.15) is 23.1 Å². The highest BCUT2D eigenvalue weighted by atomic mass is 19.4. The molecule has 1 aliphatic carbocycles. The fourth-order valence-electron chi connectivity index (χ4n) is 3.36. The van der Waals surface area contributed by atoms with Crippen molar-refractivity contribution < 1.29 is 31.9 Å². The van der Waals surface area contributed by atoms with Crippen molar-refractivity contribution >= 4 is 46.6 Å². The summed E-state index contributed by atoms with van der Waals surface area (Å²) in [7, 11) is 0. The summed E-state index contributed by atoms with van der Waals surface area (Å²) in [5.41, 5.74) is -0.886. The highest BCUT2D eigenvalue weighted by Crippen LogP contribution is 2.33. The number of anilines is 6. The van der Waals surface area contributed by atoms with Crippen LogP contribution in [0.3, 0.4) is 0 Å². The molecular formula is C26H26F4N6O3. The van der Waals surface area contributed by atoms with Crippen LogP contribution in [0.5, 0.6) is 0 Å². The molecule has 0 bridgehead atoms. The smallest absolute Gasteiger partial charge is 0.416 e. The molecule has 4 N–H and O–H groups in total. The van der Waals surface area contributed by atoms with Crippen LogP contribution in [0, 0.1) is 11.7 Å². The average Bonchev–Trinajstić information content (AvgIpc) is 3.65. The lowest BCUT2D eigenvalue weighted by Crippen LogP contribution is -2.27. The average molecular weight is 547 g/mol. The van der Waals surface area contributed by atoms with Gasteiger partial charge in [0.2, 0.25) is 11.9 Å². The Kier molecular flexibility index (Phi) is 7.61. The maximum Gasteiger partial charge on any atom is 0.416 e. The van der Waals surface area contributed by atoms with Crippen molar-refractivity contribution in [2.45, 2.75) is 45.4 Å². The van der Waals surface area contributed by atoms with Gasteiger partial charge in [0, 0.05) is 17.7 Å². The molecule has 3 aromatic rings. The van der Waals surface area contributed by atoms with Gasteiger partial charge in [0.15, 0.2) is 0 Å². The van der Waals surface area contributed by atoms with Gasteiger partial charge in [-0.3, -0.25) is 10.1 Å². The van der Waals surface area contributed by atoms with Crippen LogP contribution in [0.15, 0.2) is 48.5 Å². The lowest BCUT2D eigenvalue weighted by Gasteiger charge is -2.20. The lowest BCUT2D eigenvalue weighted by atomic mass is 10.2. The minimum Gasteiger partial charge on any atom is -0.444 e. The molecule has 0 atom stereocenters. The Morgan fingerprint density at radius 1 is 0.872 bits per heavy atom. The molecule has 1 aromatic heterocycles. The highest BCUT2D eigenvalue weighted by Gasteiger charge is 2.31. The van der Waals surface area contributed by atoms with Crippen LogP contribution in [0.25, 0.3) is 0 Å². The fraction of sp³-hybridized carbons (Fsp3) is 0.308. The van der Waals surface area contributed by atoms with Crippen LogP contribution < -0.4 is 21.3 Å². The SMILES string of the molecule is CC(C)(C)OC(=O)Nc1cc(Nc2cc(F)ccc2NC(=O)C2CC2)nc(Nc2ccc(C(F)(F)F)cc2)n1. The summed E-state index contributed by atoms with van der Waals surface area (Å²) >= 11 is 0. The number of carbonyl (C=O) groups is 2. The Labute approximate surface area is 221 Å². The molecule has 1 fully saturated rings. The van der Waals surface area contributed by atoms with Crippen LogP contribution in [0.1, 0.15) is 39.2 Å². The molecule has 39 heavy (non-hydrogen) atoms. The number of hydrogen-bond acceptors (Lipinski definition) is 7. The number of benzene rings is 2. The quantitative estimate of drug-likeness (QED) is 0.240. The minimum atomic E-state index is -4.50. The third-order valence-electron chi connectivity index (χ3n) is 5.27. The van der Waals surface area contributed by atoms with E-state index in [4.69, 9.17) is 4.74 Å². The van der Waals surface area contributed by atoms with Crippen molar-refractivity contribution in [3.05, 3.63) is 59.9 Å². The maximum absolute atomic E-state index is 14.1. The van der Waals surface area contributed by atoms with Crippen molar-refractivity contribution in [2.75, 3.05) is 21.3 Å². The predicted molar refractivity (Wildman–Crippen MR) is 138 cm³/mol. The van der Waals surface area contributed by atoms with Gasteiger partial charge in [-0.1, -0.05) is 0 Å². The first-order chi connectivity index (χ1) is 18.2. The predicted octanol–water partition coefficient (Wildman–Crippen LogP) is 6.82. The summed E-state index contributed by atoms with van der Waals surface area (Å²) in [6.45, 7) is 5.04. The van der Waals surface area contributed by atoms with Gasteiger partial charge in [0.25, 0.3) is 0 Å². The summed E-state index contributed by atoms with van der Waals surface area (Å²) in [5.74, 6) is -0.888. The van der Waals surface area contributed by atoms with Crippen molar-refractivity contribution in [1.82, 2.24) is 9.97 Å². The normalized spacial score (nSPS) is 13.4. The van der Waals surface area contributed by atoms with Crippen LogP contribution in [-0.2, 0) is 15.7 Å². The zero-order valence-electron chi connectivity index (χ0n) is 21.2. The largest absolute Gasteiger partial charge is 0.444 e. The van der Waals surface area contributed by atoms with E-state index in [2.05, 4.69) is 31.2 Å². The van der Waals surface area contributed by atoms with Crippen molar-refractivity contribution in [2.24, 2.45) is 5.92 Å². The van der Waals surface area contributed by atoms with E-state index in [0.29, 0.717) is 5.69 Å². The summed E-state index contributed by atoms with van der Waals surface area (Å²) in [6, 6.07) is 9.29. The Balaban J connectivity index is 1.63. The number of ether oxygens (including phenoxy) is 1. The van der Waals surface area contributed by atoms with Gasteiger partial charge in [-0.25, -0.2) is 9.18 Å². The van der Waals surface area contributed by atoms with E-state index in [1.54, 1.807) is 20.8 Å². The molecule has 1 heterocycles. The van der Waals surface area contributed by atoms with E-state index in [-0.39, 0.29) is 40.8 Å². The molecule has 4 rings (SSSR count). The lowest BCUT2D eigenvalue weighted by molar-refractivity contribution is -0.137. The minimum absolute atomic E-state index is 0.0175. The first-order valence-electron chi connectivity index (χ1n) is 12.0. The van der Waals surface area contributed by atoms with E-state index < -0.39 is 29.3 Å². The zero-order chi connectivity index (χ0) is 28.4. The summed E-state index contributed by atoms with van der Waals surface area (Å²) in [5, 5.41) is 10.9. The number of alkyl halides is 3. The number of rotatable bonds is 7. The second-order valence-electron chi connectivity index (χ2n) is 9.87. The monoisotopic (exact) mass is 546 g/mol. The number of hydrogen-bond donors (Lipinski definition) is 4. The first kappa shape index (κ1) is 27.6. The number of aromatic nitrogens is 2. The molecule has 9 nitrogen and oxygen atoms in total. The topological polar surface area (TPSA) is 117 Å². The van der Waals surface area contributed by atoms with Crippen LogP contribution in [0.2, 0.25) is 0 Å². The van der Waals surface area contributed by atoms with E-state index in [1.807, 2.05) is 0 Å². The van der Waals surface area contributed by atoms with Crippen LogP contribution in [0.4, 0.5) is 57.0 Å². The number of nitrogens with zero attached hydrogens (tertiary/aromatic N) is 2. The van der Waals surface area contributed by atoms with Gasteiger partial charge in [-0.05, 0) is 76.1 Å². The van der Waals surface area contributed by atoms with Crippen LogP contribution >= 0.6 is 0 Å². The molecule has 1 aliphatic rings. The first-order valence-corrected chi connectivity index (χ1v) is 12.0. The third-order valence-corrected chi connectivity index (χ3v) is 5.27. The van der Waals surface area contributed by atoms with E-state index >= 15 is 0 Å². The summed E-state index contributed by atoms with van der Waals surface area (Å²) in [4.78, 5) is 33.1. The zero-order valence-corrected chi connectivity index (χ0v) is 21.2. The Morgan fingerprint density at radius 3 is 2.15 bits per heavy atom. The maximum atomic E-state index is 14.1. The number of halogens is 4.